The van der Waals surface area contributed by atoms with E-state index in [0.717, 1.165) is 11.3 Å². The number of benzene rings is 1. The van der Waals surface area contributed by atoms with Crippen molar-refractivity contribution in [1.29, 1.82) is 0 Å². The van der Waals surface area contributed by atoms with Gasteiger partial charge in [0.05, 0.1) is 16.8 Å². The summed E-state index contributed by atoms with van der Waals surface area (Å²) in [4.78, 5) is 20.2. The van der Waals surface area contributed by atoms with Gasteiger partial charge in [0.1, 0.15) is 0 Å². The van der Waals surface area contributed by atoms with Crippen molar-refractivity contribution in [2.45, 2.75) is 12.1 Å². The maximum Gasteiger partial charge on any atom is 0.339 e. The molecule has 0 aliphatic rings. The van der Waals surface area contributed by atoms with Gasteiger partial charge in [-0.2, -0.15) is 0 Å². The van der Waals surface area contributed by atoms with Crippen molar-refractivity contribution in [1.82, 2.24) is 9.97 Å². The molecule has 0 unspecified atom stereocenters. The van der Waals surface area contributed by atoms with E-state index in [1.807, 2.05) is 13.2 Å². The molecule has 0 amide bonds. The quantitative estimate of drug-likeness (QED) is 0.365. The molecule has 0 radical (unpaired) electrons. The fourth-order valence-electron chi connectivity index (χ4n) is 1.65. The number of aromatic nitrogens is 2. The molecule has 1 aromatic carbocycles. The second kappa shape index (κ2) is 8.98. The average molecular weight is 357 g/mol. The summed E-state index contributed by atoms with van der Waals surface area (Å²) in [5.41, 5.74) is 1.91. The van der Waals surface area contributed by atoms with E-state index in [2.05, 4.69) is 33.6 Å². The summed E-state index contributed by atoms with van der Waals surface area (Å²) in [6, 6.07) is 6.54. The highest BCUT2D eigenvalue weighted by molar-refractivity contribution is 7.98. The fourth-order valence-corrected chi connectivity index (χ4v) is 2.22. The molecule has 0 bridgehead atoms. The van der Waals surface area contributed by atoms with Crippen LogP contribution in [0.3, 0.4) is 0 Å². The molecule has 0 aliphatic heterocycles. The molecule has 0 aliphatic carbocycles. The zero-order valence-electron chi connectivity index (χ0n) is 13.1. The zero-order valence-corrected chi connectivity index (χ0v) is 14.7. The van der Waals surface area contributed by atoms with E-state index in [-0.39, 0.29) is 6.61 Å². The topological polar surface area (TPSA) is 52.1 Å². The molecule has 6 heteroatoms. The Kier molecular flexibility index (Phi) is 6.69. The highest BCUT2D eigenvalue weighted by Gasteiger charge is 2.05. The first-order valence-corrected chi connectivity index (χ1v) is 8.49. The summed E-state index contributed by atoms with van der Waals surface area (Å²) in [6.45, 7) is 1.83. The van der Waals surface area contributed by atoms with Crippen molar-refractivity contribution < 1.29 is 9.53 Å². The third kappa shape index (κ3) is 5.31. The fraction of sp³-hybridized carbons (Fsp3) is 0.167. The van der Waals surface area contributed by atoms with Gasteiger partial charge < -0.3 is 4.74 Å². The van der Waals surface area contributed by atoms with Crippen LogP contribution in [0.4, 0.5) is 0 Å². The van der Waals surface area contributed by atoms with E-state index in [4.69, 9.17) is 16.3 Å². The van der Waals surface area contributed by atoms with Crippen molar-refractivity contribution >= 4 is 29.3 Å². The first-order valence-electron chi connectivity index (χ1n) is 6.89. The zero-order chi connectivity index (χ0) is 17.4. The summed E-state index contributed by atoms with van der Waals surface area (Å²) in [5.74, 6) is 10.4. The van der Waals surface area contributed by atoms with Gasteiger partial charge in [-0.15, -0.1) is 0 Å². The first kappa shape index (κ1) is 17.9. The van der Waals surface area contributed by atoms with Crippen LogP contribution in [0.1, 0.15) is 21.6 Å². The van der Waals surface area contributed by atoms with Crippen LogP contribution < -0.4 is 0 Å². The van der Waals surface area contributed by atoms with Crippen LogP contribution in [-0.2, 0) is 4.74 Å². The van der Waals surface area contributed by atoms with Crippen LogP contribution in [0.15, 0.2) is 35.6 Å². The van der Waals surface area contributed by atoms with Gasteiger partial charge >= 0.3 is 5.97 Å². The van der Waals surface area contributed by atoms with E-state index < -0.39 is 5.97 Å². The number of hydrogen-bond donors (Lipinski definition) is 0. The van der Waals surface area contributed by atoms with Gasteiger partial charge in [-0.25, -0.2) is 14.8 Å². The van der Waals surface area contributed by atoms with E-state index in [1.165, 1.54) is 17.8 Å². The standard InChI is InChI=1S/C18H13ClN2O2S/c1-13-15(12-20-18(21-13)24-2)7-4-3-5-10-23-17(22)14-8-6-9-16(19)11-14/h6,8-9,11-12H,10H2,1-2H3. The number of carbonyl (C=O) groups is 1. The molecule has 2 rings (SSSR count). The first-order chi connectivity index (χ1) is 11.6. The predicted octanol–water partition coefficient (Wildman–Crippen LogP) is 3.37. The lowest BCUT2D eigenvalue weighted by atomic mass is 10.2. The van der Waals surface area contributed by atoms with Gasteiger partial charge in [-0.1, -0.05) is 29.4 Å². The van der Waals surface area contributed by atoms with Crippen molar-refractivity contribution in [3.63, 3.8) is 0 Å². The number of carbonyl (C=O) groups excluding carboxylic acids is 1. The van der Waals surface area contributed by atoms with Gasteiger partial charge in [-0.3, -0.25) is 0 Å². The molecular formula is C18H13ClN2O2S. The van der Waals surface area contributed by atoms with Crippen molar-refractivity contribution in [2.24, 2.45) is 0 Å². The largest absolute Gasteiger partial charge is 0.449 e. The molecule has 0 N–H and O–H groups in total. The molecule has 0 fully saturated rings. The van der Waals surface area contributed by atoms with E-state index in [1.54, 1.807) is 24.4 Å². The minimum absolute atomic E-state index is 0.0408. The number of halogens is 1. The molecule has 2 aromatic rings. The average Bonchev–Trinajstić information content (AvgIpc) is 2.58. The molecule has 120 valence electrons. The lowest BCUT2D eigenvalue weighted by molar-refractivity contribution is 0.0556. The molecule has 4 nitrogen and oxygen atoms in total. The third-order valence-corrected chi connectivity index (χ3v) is 3.62. The molecule has 0 saturated carbocycles. The highest BCUT2D eigenvalue weighted by Crippen LogP contribution is 2.11. The van der Waals surface area contributed by atoms with Gasteiger partial charge in [0.15, 0.2) is 11.8 Å². The molecule has 0 atom stereocenters. The Morgan fingerprint density at radius 2 is 2.21 bits per heavy atom. The van der Waals surface area contributed by atoms with Gasteiger partial charge in [0.25, 0.3) is 0 Å². The number of ether oxygens (including phenoxy) is 1. The minimum Gasteiger partial charge on any atom is -0.449 e. The Hall–Kier alpha value is -2.47. The van der Waals surface area contributed by atoms with Crippen LogP contribution >= 0.6 is 23.4 Å². The summed E-state index contributed by atoms with van der Waals surface area (Å²) in [5, 5.41) is 1.18. The Labute approximate surface area is 150 Å². The van der Waals surface area contributed by atoms with Crippen LogP contribution in [0.5, 0.6) is 0 Å². The van der Waals surface area contributed by atoms with Crippen LogP contribution in [0.25, 0.3) is 0 Å². The second-order valence-electron chi connectivity index (χ2n) is 4.49. The highest BCUT2D eigenvalue weighted by atomic mass is 35.5. The Balaban J connectivity index is 1.90. The number of rotatable bonds is 3. The monoisotopic (exact) mass is 356 g/mol. The maximum atomic E-state index is 11.8. The molecule has 0 saturated heterocycles. The molecular weight excluding hydrogens is 344 g/mol. The predicted molar refractivity (Wildman–Crippen MR) is 94.9 cm³/mol. The smallest absolute Gasteiger partial charge is 0.339 e. The maximum absolute atomic E-state index is 11.8. The number of esters is 1. The molecule has 24 heavy (non-hydrogen) atoms. The Bertz CT molecular complexity index is 876. The number of hydrogen-bond acceptors (Lipinski definition) is 5. The minimum atomic E-state index is -0.475. The lowest BCUT2D eigenvalue weighted by Crippen LogP contribution is -2.04. The number of nitrogens with zero attached hydrogens (tertiary/aromatic N) is 2. The van der Waals surface area contributed by atoms with Crippen molar-refractivity contribution in [3.05, 3.63) is 52.3 Å². The number of aryl methyl sites for hydroxylation is 1. The third-order valence-electron chi connectivity index (χ3n) is 2.82. The van der Waals surface area contributed by atoms with E-state index in [9.17, 15) is 4.79 Å². The Morgan fingerprint density at radius 3 is 2.92 bits per heavy atom. The van der Waals surface area contributed by atoms with Crippen molar-refractivity contribution in [2.75, 3.05) is 12.9 Å². The van der Waals surface area contributed by atoms with Gasteiger partial charge in [0, 0.05) is 11.2 Å². The van der Waals surface area contributed by atoms with Crippen LogP contribution in [0.2, 0.25) is 5.02 Å². The van der Waals surface area contributed by atoms with Crippen LogP contribution in [0, 0.1) is 30.6 Å². The SMILES string of the molecule is CSc1ncc(C#CC#CCOC(=O)c2cccc(Cl)c2)c(C)n1. The van der Waals surface area contributed by atoms with Gasteiger partial charge in [-0.05, 0) is 55.1 Å². The molecule has 0 spiro atoms. The number of thioether (sulfide) groups is 1. The molecule has 1 heterocycles. The second-order valence-corrected chi connectivity index (χ2v) is 5.70. The summed E-state index contributed by atoms with van der Waals surface area (Å²) >= 11 is 7.29. The van der Waals surface area contributed by atoms with E-state index >= 15 is 0 Å². The summed E-state index contributed by atoms with van der Waals surface area (Å²) in [7, 11) is 0. The summed E-state index contributed by atoms with van der Waals surface area (Å²) in [6.07, 6.45) is 3.58. The molecule has 1 aromatic heterocycles. The Morgan fingerprint density at radius 1 is 1.38 bits per heavy atom. The normalized spacial score (nSPS) is 9.29. The summed E-state index contributed by atoms with van der Waals surface area (Å²) < 4.78 is 5.02. The lowest BCUT2D eigenvalue weighted by Gasteiger charge is -2.00. The van der Waals surface area contributed by atoms with E-state index in [0.29, 0.717) is 15.7 Å². The van der Waals surface area contributed by atoms with Gasteiger partial charge in [0.2, 0.25) is 0 Å². The van der Waals surface area contributed by atoms with Crippen molar-refractivity contribution in [3.8, 4) is 23.7 Å². The van der Waals surface area contributed by atoms with Crippen LogP contribution in [-0.4, -0.2) is 28.8 Å².